The molecule has 4 heteroatoms. The average molecular weight is 136 g/mol. The van der Waals surface area contributed by atoms with Crippen LogP contribution in [0.25, 0.3) is 0 Å². The normalized spacial score (nSPS) is 8.80. The van der Waals surface area contributed by atoms with Gasteiger partial charge in [-0.25, -0.2) is 0 Å². The molecule has 0 aliphatic carbocycles. The molecular formula is C6H8N4. The summed E-state index contributed by atoms with van der Waals surface area (Å²) in [6.45, 7) is 0. The second-order valence-electron chi connectivity index (χ2n) is 1.90. The van der Waals surface area contributed by atoms with E-state index in [0.717, 1.165) is 0 Å². The summed E-state index contributed by atoms with van der Waals surface area (Å²) >= 11 is 0. The highest BCUT2D eigenvalue weighted by Gasteiger charge is 2.00. The Kier molecular flexibility index (Phi) is 1.20. The predicted octanol–water partition coefficient (Wildman–Crippen LogP) is -0.384. The van der Waals surface area contributed by atoms with E-state index in [1.807, 2.05) is 0 Å². The summed E-state index contributed by atoms with van der Waals surface area (Å²) in [5, 5.41) is 0. The Morgan fingerprint density at radius 3 is 1.30 bits per heavy atom. The van der Waals surface area contributed by atoms with Crippen LogP contribution < -0.4 is 22.9 Å². The standard InChI is InChI=1S/C6H8N4/c7-3-1-2-4(8)6(10)5(3)9/h7-10H2. The number of anilines is 4. The molecule has 0 amide bonds. The van der Waals surface area contributed by atoms with E-state index in [4.69, 9.17) is 22.9 Å². The van der Waals surface area contributed by atoms with Crippen molar-refractivity contribution >= 4 is 22.7 Å². The summed E-state index contributed by atoms with van der Waals surface area (Å²) < 4.78 is 0. The van der Waals surface area contributed by atoms with Crippen LogP contribution in [0.2, 0.25) is 0 Å². The van der Waals surface area contributed by atoms with Crippen LogP contribution in [0.4, 0.5) is 22.7 Å². The maximum absolute atomic E-state index is 5.40. The van der Waals surface area contributed by atoms with E-state index in [1.54, 1.807) is 0 Å². The molecule has 0 saturated heterocycles. The van der Waals surface area contributed by atoms with Gasteiger partial charge in [-0.1, -0.05) is 0 Å². The van der Waals surface area contributed by atoms with E-state index in [-0.39, 0.29) is 22.7 Å². The van der Waals surface area contributed by atoms with Gasteiger partial charge in [0.05, 0.1) is 11.4 Å². The van der Waals surface area contributed by atoms with Gasteiger partial charge in [-0.2, -0.15) is 0 Å². The molecule has 0 aliphatic rings. The van der Waals surface area contributed by atoms with Crippen molar-refractivity contribution in [1.82, 2.24) is 0 Å². The molecule has 0 spiro atoms. The van der Waals surface area contributed by atoms with Crippen LogP contribution >= 0.6 is 0 Å². The molecule has 0 heterocycles. The largest absolute Gasteiger partial charge is 0.395 e. The first-order valence-electron chi connectivity index (χ1n) is 2.65. The SMILES string of the molecule is Nc1c#cc(N)c(N)c1N. The van der Waals surface area contributed by atoms with Crippen molar-refractivity contribution in [3.05, 3.63) is 12.1 Å². The van der Waals surface area contributed by atoms with E-state index >= 15 is 0 Å². The molecular weight excluding hydrogens is 128 g/mol. The highest BCUT2D eigenvalue weighted by Crippen LogP contribution is 2.23. The Labute approximate surface area is 58.8 Å². The fourth-order valence-corrected chi connectivity index (χ4v) is 0.560. The van der Waals surface area contributed by atoms with E-state index in [0.29, 0.717) is 0 Å². The molecule has 0 saturated carbocycles. The van der Waals surface area contributed by atoms with E-state index in [1.165, 1.54) is 0 Å². The first kappa shape index (κ1) is 6.36. The zero-order chi connectivity index (χ0) is 7.72. The van der Waals surface area contributed by atoms with Crippen LogP contribution in [0, 0.1) is 12.1 Å². The predicted molar refractivity (Wildman–Crippen MR) is 41.8 cm³/mol. The topological polar surface area (TPSA) is 104 Å². The zero-order valence-electron chi connectivity index (χ0n) is 5.31. The second-order valence-corrected chi connectivity index (χ2v) is 1.90. The van der Waals surface area contributed by atoms with E-state index in [2.05, 4.69) is 12.1 Å². The minimum atomic E-state index is 0.274. The maximum Gasteiger partial charge on any atom is 0.109 e. The molecule has 1 rings (SSSR count). The summed E-state index contributed by atoms with van der Waals surface area (Å²) in [6.07, 6.45) is 0. The minimum absolute atomic E-state index is 0.274. The molecule has 1 aromatic carbocycles. The third-order valence-electron chi connectivity index (χ3n) is 1.20. The molecule has 8 N–H and O–H groups in total. The van der Waals surface area contributed by atoms with Gasteiger partial charge in [0.15, 0.2) is 0 Å². The van der Waals surface area contributed by atoms with Gasteiger partial charge in [-0.05, 0) is 12.1 Å². The highest BCUT2D eigenvalue weighted by molar-refractivity contribution is 5.83. The van der Waals surface area contributed by atoms with Crippen LogP contribution in [-0.4, -0.2) is 0 Å². The number of hydrogen-bond donors (Lipinski definition) is 4. The van der Waals surface area contributed by atoms with Crippen molar-refractivity contribution in [2.24, 2.45) is 0 Å². The molecule has 0 radical (unpaired) electrons. The van der Waals surface area contributed by atoms with Crippen molar-refractivity contribution in [3.8, 4) is 0 Å². The summed E-state index contributed by atoms with van der Waals surface area (Å²) in [6, 6.07) is 5.06. The van der Waals surface area contributed by atoms with Gasteiger partial charge in [-0.15, -0.1) is 0 Å². The zero-order valence-corrected chi connectivity index (χ0v) is 5.31. The van der Waals surface area contributed by atoms with Gasteiger partial charge in [0.25, 0.3) is 0 Å². The van der Waals surface area contributed by atoms with Crippen LogP contribution in [0.15, 0.2) is 0 Å². The lowest BCUT2D eigenvalue weighted by Crippen LogP contribution is -2.01. The monoisotopic (exact) mass is 136 g/mol. The van der Waals surface area contributed by atoms with Gasteiger partial charge in [0.2, 0.25) is 0 Å². The van der Waals surface area contributed by atoms with Gasteiger partial charge >= 0.3 is 0 Å². The van der Waals surface area contributed by atoms with Crippen molar-refractivity contribution in [1.29, 1.82) is 0 Å². The molecule has 52 valence electrons. The van der Waals surface area contributed by atoms with Crippen LogP contribution in [0.5, 0.6) is 0 Å². The molecule has 0 atom stereocenters. The van der Waals surface area contributed by atoms with E-state index in [9.17, 15) is 0 Å². The number of rotatable bonds is 0. The lowest BCUT2D eigenvalue weighted by atomic mass is 10.2. The van der Waals surface area contributed by atoms with Crippen LogP contribution in [0.1, 0.15) is 0 Å². The Morgan fingerprint density at radius 2 is 1.00 bits per heavy atom. The number of nitrogen functional groups attached to an aromatic ring is 4. The molecule has 0 fully saturated rings. The average Bonchev–Trinajstić information content (AvgIpc) is 1.93. The maximum atomic E-state index is 5.40. The van der Waals surface area contributed by atoms with Gasteiger partial charge in [-0.3, -0.25) is 0 Å². The quantitative estimate of drug-likeness (QED) is 0.390. The molecule has 0 aliphatic heterocycles. The van der Waals surface area contributed by atoms with Crippen molar-refractivity contribution in [2.75, 3.05) is 22.9 Å². The van der Waals surface area contributed by atoms with Gasteiger partial charge in [0.1, 0.15) is 11.4 Å². The summed E-state index contributed by atoms with van der Waals surface area (Å²) in [4.78, 5) is 0. The number of hydrogen-bond acceptors (Lipinski definition) is 4. The Hall–Kier alpha value is -1.76. The highest BCUT2D eigenvalue weighted by atomic mass is 14.8. The third kappa shape index (κ3) is 0.738. The fourth-order valence-electron chi connectivity index (χ4n) is 0.560. The minimum Gasteiger partial charge on any atom is -0.395 e. The Bertz CT molecular complexity index is 229. The van der Waals surface area contributed by atoms with Crippen LogP contribution in [0.3, 0.4) is 0 Å². The fraction of sp³-hybridized carbons (Fsp3) is 0. The molecule has 1 aromatic rings. The van der Waals surface area contributed by atoms with Crippen molar-refractivity contribution in [3.63, 3.8) is 0 Å². The molecule has 4 nitrogen and oxygen atoms in total. The molecule has 10 heavy (non-hydrogen) atoms. The lowest BCUT2D eigenvalue weighted by Gasteiger charge is -2.00. The van der Waals surface area contributed by atoms with E-state index < -0.39 is 0 Å². The van der Waals surface area contributed by atoms with Gasteiger partial charge < -0.3 is 22.9 Å². The smallest absolute Gasteiger partial charge is 0.109 e. The summed E-state index contributed by atoms with van der Waals surface area (Å²) in [7, 11) is 0. The Morgan fingerprint density at radius 1 is 0.700 bits per heavy atom. The molecule has 0 bridgehead atoms. The van der Waals surface area contributed by atoms with Crippen molar-refractivity contribution < 1.29 is 0 Å². The summed E-state index contributed by atoms with van der Waals surface area (Å²) in [5.74, 6) is 0. The number of nitrogens with two attached hydrogens (primary N) is 4. The van der Waals surface area contributed by atoms with Crippen molar-refractivity contribution in [2.45, 2.75) is 0 Å². The second kappa shape index (κ2) is 1.88. The molecule has 0 aromatic heterocycles. The lowest BCUT2D eigenvalue weighted by molar-refractivity contribution is 1.66. The Balaban J connectivity index is 3.34. The van der Waals surface area contributed by atoms with Crippen LogP contribution in [-0.2, 0) is 0 Å². The van der Waals surface area contributed by atoms with Gasteiger partial charge in [0, 0.05) is 0 Å². The first-order valence-corrected chi connectivity index (χ1v) is 2.65. The summed E-state index contributed by atoms with van der Waals surface area (Å²) in [5.41, 5.74) is 22.6. The third-order valence-corrected chi connectivity index (χ3v) is 1.20. The molecule has 0 unspecified atom stereocenters. The first-order chi connectivity index (χ1) is 4.63.